The third-order valence-electron chi connectivity index (χ3n) is 4.97. The first kappa shape index (κ1) is 15.3. The average molecular weight is 309 g/mol. The molecule has 0 aromatic heterocycles. The minimum absolute atomic E-state index is 0.0796. The van der Waals surface area contributed by atoms with Crippen LogP contribution in [0.4, 0.5) is 4.39 Å². The third-order valence-corrected chi connectivity index (χ3v) is 6.13. The fourth-order valence-corrected chi connectivity index (χ4v) is 4.60. The van der Waals surface area contributed by atoms with Crippen LogP contribution >= 0.6 is 11.8 Å². The number of hydrogen-bond donors (Lipinski definition) is 1. The lowest BCUT2D eigenvalue weighted by Gasteiger charge is -2.53. The smallest absolute Gasteiger partial charge is 0.137 e. The molecule has 0 bridgehead atoms. The van der Waals surface area contributed by atoms with Crippen molar-refractivity contribution in [1.82, 2.24) is 5.32 Å². The van der Waals surface area contributed by atoms with Crippen LogP contribution in [0.1, 0.15) is 45.2 Å². The molecule has 0 spiro atoms. The number of ether oxygens (including phenoxy) is 1. The van der Waals surface area contributed by atoms with E-state index in [2.05, 4.69) is 25.2 Å². The largest absolute Gasteiger partial charge is 0.378 e. The predicted octanol–water partition coefficient (Wildman–Crippen LogP) is 4.16. The molecule has 1 aromatic rings. The summed E-state index contributed by atoms with van der Waals surface area (Å²) < 4.78 is 19.7. The number of rotatable bonds is 4. The van der Waals surface area contributed by atoms with Crippen LogP contribution in [-0.4, -0.2) is 24.5 Å². The molecule has 3 rings (SSSR count). The van der Waals surface area contributed by atoms with E-state index in [-0.39, 0.29) is 17.3 Å². The summed E-state index contributed by atoms with van der Waals surface area (Å²) in [7, 11) is 0. The first-order chi connectivity index (χ1) is 10.0. The Labute approximate surface area is 130 Å². The molecule has 4 heteroatoms. The van der Waals surface area contributed by atoms with Gasteiger partial charge in [-0.25, -0.2) is 4.39 Å². The second-order valence-corrected chi connectivity index (χ2v) is 7.67. The van der Waals surface area contributed by atoms with Crippen molar-refractivity contribution in [2.45, 2.75) is 56.7 Å². The molecular formula is C17H24FNOS. The van der Waals surface area contributed by atoms with Crippen molar-refractivity contribution in [3.05, 3.63) is 29.6 Å². The van der Waals surface area contributed by atoms with Crippen LogP contribution in [0.15, 0.2) is 23.1 Å². The van der Waals surface area contributed by atoms with Gasteiger partial charge in [0.25, 0.3) is 0 Å². The lowest BCUT2D eigenvalue weighted by atomic mass is 9.64. The van der Waals surface area contributed by atoms with Gasteiger partial charge >= 0.3 is 0 Å². The summed E-state index contributed by atoms with van der Waals surface area (Å²) in [5, 5.41) is 3.76. The van der Waals surface area contributed by atoms with Crippen molar-refractivity contribution in [3.63, 3.8) is 0 Å². The maximum absolute atomic E-state index is 13.9. The molecule has 116 valence electrons. The Morgan fingerprint density at radius 1 is 1.43 bits per heavy atom. The number of fused-ring (bicyclic) bond motifs is 1. The summed E-state index contributed by atoms with van der Waals surface area (Å²) in [5.41, 5.74) is 1.27. The predicted molar refractivity (Wildman–Crippen MR) is 85.2 cm³/mol. The molecule has 0 saturated heterocycles. The Bertz CT molecular complexity index is 520. The first-order valence-electron chi connectivity index (χ1n) is 7.83. The van der Waals surface area contributed by atoms with E-state index < -0.39 is 0 Å². The van der Waals surface area contributed by atoms with E-state index in [1.807, 2.05) is 13.0 Å². The van der Waals surface area contributed by atoms with Crippen molar-refractivity contribution in [3.8, 4) is 0 Å². The molecule has 0 amide bonds. The van der Waals surface area contributed by atoms with E-state index in [9.17, 15) is 4.39 Å². The van der Waals surface area contributed by atoms with E-state index in [1.54, 1.807) is 17.8 Å². The Morgan fingerprint density at radius 2 is 2.24 bits per heavy atom. The molecule has 2 nitrogen and oxygen atoms in total. The van der Waals surface area contributed by atoms with Gasteiger partial charge in [-0.2, -0.15) is 0 Å². The molecule has 0 radical (unpaired) electrons. The van der Waals surface area contributed by atoms with Crippen molar-refractivity contribution < 1.29 is 9.13 Å². The Hall–Kier alpha value is -0.580. The highest BCUT2D eigenvalue weighted by Gasteiger charge is 2.49. The van der Waals surface area contributed by atoms with Gasteiger partial charge in [-0.05, 0) is 37.1 Å². The minimum atomic E-state index is -0.0796. The molecule has 21 heavy (non-hydrogen) atoms. The highest BCUT2D eigenvalue weighted by molar-refractivity contribution is 7.99. The van der Waals surface area contributed by atoms with Crippen LogP contribution < -0.4 is 5.32 Å². The summed E-state index contributed by atoms with van der Waals surface area (Å²) in [4.78, 5) is 0.833. The van der Waals surface area contributed by atoms with Gasteiger partial charge in [0.2, 0.25) is 0 Å². The van der Waals surface area contributed by atoms with E-state index >= 15 is 0 Å². The molecule has 3 unspecified atom stereocenters. The van der Waals surface area contributed by atoms with Crippen LogP contribution in [0.25, 0.3) is 0 Å². The van der Waals surface area contributed by atoms with E-state index in [0.717, 1.165) is 35.7 Å². The highest BCUT2D eigenvalue weighted by Crippen LogP contribution is 2.45. The zero-order valence-corrected chi connectivity index (χ0v) is 13.8. The van der Waals surface area contributed by atoms with E-state index in [4.69, 9.17) is 4.74 Å². The summed E-state index contributed by atoms with van der Waals surface area (Å²) in [6.45, 7) is 7.35. The highest BCUT2D eigenvalue weighted by atomic mass is 32.2. The lowest BCUT2D eigenvalue weighted by Crippen LogP contribution is -2.61. The van der Waals surface area contributed by atoms with Crippen LogP contribution in [-0.2, 0) is 4.74 Å². The average Bonchev–Trinajstić information content (AvgIpc) is 2.47. The second-order valence-electron chi connectivity index (χ2n) is 6.57. The van der Waals surface area contributed by atoms with E-state index in [1.165, 1.54) is 0 Å². The molecule has 1 aliphatic heterocycles. The third kappa shape index (κ3) is 2.73. The monoisotopic (exact) mass is 309 g/mol. The molecule has 1 heterocycles. The van der Waals surface area contributed by atoms with Crippen molar-refractivity contribution in [2.75, 3.05) is 12.4 Å². The molecule has 1 fully saturated rings. The van der Waals surface area contributed by atoms with Gasteiger partial charge in [-0.15, -0.1) is 11.8 Å². The quantitative estimate of drug-likeness (QED) is 0.902. The summed E-state index contributed by atoms with van der Waals surface area (Å²) in [5.74, 6) is 0.900. The minimum Gasteiger partial charge on any atom is -0.378 e. The van der Waals surface area contributed by atoms with Gasteiger partial charge in [-0.1, -0.05) is 26.0 Å². The van der Waals surface area contributed by atoms with Gasteiger partial charge in [0.05, 0.1) is 6.10 Å². The maximum Gasteiger partial charge on any atom is 0.137 e. The summed E-state index contributed by atoms with van der Waals surface area (Å²) in [6.07, 6.45) is 2.45. The van der Waals surface area contributed by atoms with Crippen LogP contribution in [0.5, 0.6) is 0 Å². The van der Waals surface area contributed by atoms with Crippen molar-refractivity contribution >= 4 is 11.8 Å². The van der Waals surface area contributed by atoms with Crippen molar-refractivity contribution in [2.24, 2.45) is 5.41 Å². The Balaban J connectivity index is 1.72. The van der Waals surface area contributed by atoms with Gasteiger partial charge in [0, 0.05) is 29.0 Å². The summed E-state index contributed by atoms with van der Waals surface area (Å²) >= 11 is 1.64. The molecule has 2 aliphatic rings. The molecular weight excluding hydrogens is 285 g/mol. The topological polar surface area (TPSA) is 21.3 Å². The fourth-order valence-electron chi connectivity index (χ4n) is 3.45. The second kappa shape index (κ2) is 5.90. The number of nitrogens with one attached hydrogen (secondary N) is 1. The van der Waals surface area contributed by atoms with Gasteiger partial charge in [-0.3, -0.25) is 0 Å². The van der Waals surface area contributed by atoms with Crippen LogP contribution in [0.2, 0.25) is 0 Å². The molecule has 1 saturated carbocycles. The van der Waals surface area contributed by atoms with Crippen LogP contribution in [0, 0.1) is 11.2 Å². The number of hydrogen-bond acceptors (Lipinski definition) is 3. The van der Waals surface area contributed by atoms with Crippen molar-refractivity contribution in [1.29, 1.82) is 0 Å². The Kier molecular flexibility index (Phi) is 4.30. The van der Waals surface area contributed by atoms with Crippen LogP contribution in [0.3, 0.4) is 0 Å². The zero-order chi connectivity index (χ0) is 15.0. The Morgan fingerprint density at radius 3 is 2.95 bits per heavy atom. The molecule has 1 aromatic carbocycles. The number of thioether (sulfide) groups is 1. The zero-order valence-electron chi connectivity index (χ0n) is 13.0. The van der Waals surface area contributed by atoms with Gasteiger partial charge in [0.15, 0.2) is 0 Å². The first-order valence-corrected chi connectivity index (χ1v) is 8.81. The van der Waals surface area contributed by atoms with Gasteiger partial charge in [0.1, 0.15) is 5.82 Å². The SMILES string of the molecule is CCOC1CC(NC2CCSc3c(F)cccc32)C1(C)C. The standard InChI is InChI=1S/C17H24FNOS/c1-4-20-15-10-14(17(15,2)3)19-13-8-9-21-16-11(13)6-5-7-12(16)18/h5-7,13-15,19H,4,8-10H2,1-3H3. The normalized spacial score (nSPS) is 30.6. The fraction of sp³-hybridized carbons (Fsp3) is 0.647. The maximum atomic E-state index is 13.9. The van der Waals surface area contributed by atoms with E-state index in [0.29, 0.717) is 12.1 Å². The molecule has 1 aliphatic carbocycles. The molecule has 1 N–H and O–H groups in total. The summed E-state index contributed by atoms with van der Waals surface area (Å²) in [6, 6.07) is 6.16. The van der Waals surface area contributed by atoms with Gasteiger partial charge < -0.3 is 10.1 Å². The molecule has 3 atom stereocenters. The lowest BCUT2D eigenvalue weighted by molar-refractivity contribution is -0.116. The number of halogens is 1. The number of benzene rings is 1.